The van der Waals surface area contributed by atoms with E-state index >= 15 is 4.11 Å². The van der Waals surface area contributed by atoms with Gasteiger partial charge in [-0.05, 0) is 61.5 Å². The number of fused-ring (bicyclic) bond motifs is 3. The Kier molecular flexibility index (Phi) is 8.43. The van der Waals surface area contributed by atoms with Gasteiger partial charge in [-0.2, -0.15) is 9.78 Å². The van der Waals surface area contributed by atoms with E-state index in [0.717, 1.165) is 26.7 Å². The van der Waals surface area contributed by atoms with Crippen molar-refractivity contribution in [3.05, 3.63) is 111 Å². The minimum atomic E-state index is -3.33. The van der Waals surface area contributed by atoms with Crippen LogP contribution in [0, 0.1) is 5.92 Å². The summed E-state index contributed by atoms with van der Waals surface area (Å²) in [7, 11) is -3.33. The molecule has 13 heteroatoms. The third-order valence-electron chi connectivity index (χ3n) is 9.74. The van der Waals surface area contributed by atoms with Gasteiger partial charge in [-0.25, -0.2) is 0 Å². The molecule has 0 aliphatic carbocycles. The van der Waals surface area contributed by atoms with Gasteiger partial charge in [-0.3, -0.25) is 14.3 Å². The molecule has 48 heavy (non-hydrogen) atoms. The van der Waals surface area contributed by atoms with Gasteiger partial charge in [-0.1, -0.05) is 58.4 Å². The third-order valence-corrected chi connectivity index (χ3v) is 12.7. The molecule has 2 aromatic heterocycles. The topological polar surface area (TPSA) is 115 Å². The number of aliphatic hydroxyl groups excluding tert-OH is 1. The van der Waals surface area contributed by atoms with Crippen molar-refractivity contribution >= 4 is 46.7 Å². The van der Waals surface area contributed by atoms with Crippen LogP contribution in [0.25, 0.3) is 16.5 Å². The molecule has 1 N–H and O–H groups in total. The molecule has 4 atom stereocenters. The molecule has 2 aliphatic heterocycles. The summed E-state index contributed by atoms with van der Waals surface area (Å²) < 4.78 is 26.9. The highest BCUT2D eigenvalue weighted by molar-refractivity contribution is 9.10. The molecule has 5 aromatic rings. The standard InChI is InChI=1S/C35H36BrFN6O4Si/c1-22-32(48(2,3)37)31(14-16-41-21-26(15-17-44)39-40-41)47-35(22)29-18-25(36)10-13-30(29)42(34(35)46)20-23-8-11-27(12-9-23)43-33(45)28-7-5-4-6-24(28)19-38-43/h4-13,18-19,21-22,31-32,44H,14-17,20H2,1-3H3/t22-,31+,32-,35+/m1/s1. The van der Waals surface area contributed by atoms with Crippen molar-refractivity contribution in [1.82, 2.24) is 24.8 Å². The predicted molar refractivity (Wildman–Crippen MR) is 186 cm³/mol. The largest absolute Gasteiger partial charge is 0.396 e. The van der Waals surface area contributed by atoms with Crippen molar-refractivity contribution in [2.45, 2.75) is 63.2 Å². The number of aliphatic hydroxyl groups is 1. The Bertz CT molecular complexity index is 2070. The van der Waals surface area contributed by atoms with E-state index in [1.54, 1.807) is 41.1 Å². The Morgan fingerprint density at radius 3 is 2.60 bits per heavy atom. The Morgan fingerprint density at radius 1 is 1.08 bits per heavy atom. The minimum absolute atomic E-state index is 0.0202. The first-order valence-corrected chi connectivity index (χ1v) is 19.8. The smallest absolute Gasteiger partial charge is 0.279 e. The van der Waals surface area contributed by atoms with E-state index in [-0.39, 0.29) is 24.6 Å². The van der Waals surface area contributed by atoms with Crippen LogP contribution in [0.2, 0.25) is 18.6 Å². The number of ether oxygens (including phenoxy) is 1. The number of aromatic nitrogens is 5. The quantitative estimate of drug-likeness (QED) is 0.153. The summed E-state index contributed by atoms with van der Waals surface area (Å²) >= 11 is 3.60. The van der Waals surface area contributed by atoms with Crippen LogP contribution in [-0.2, 0) is 34.6 Å². The summed E-state index contributed by atoms with van der Waals surface area (Å²) in [5.74, 6) is -0.634. The maximum atomic E-state index is 16.2. The van der Waals surface area contributed by atoms with Gasteiger partial charge < -0.3 is 18.9 Å². The van der Waals surface area contributed by atoms with Crippen LogP contribution in [0.3, 0.4) is 0 Å². The monoisotopic (exact) mass is 730 g/mol. The average molecular weight is 732 g/mol. The Morgan fingerprint density at radius 2 is 1.85 bits per heavy atom. The van der Waals surface area contributed by atoms with Crippen molar-refractivity contribution in [1.29, 1.82) is 0 Å². The van der Waals surface area contributed by atoms with Crippen LogP contribution in [0.4, 0.5) is 9.80 Å². The highest BCUT2D eigenvalue weighted by atomic mass is 79.9. The number of rotatable bonds is 9. The van der Waals surface area contributed by atoms with Gasteiger partial charge in [0.05, 0.1) is 41.3 Å². The normalized spacial score (nSPS) is 22.2. The lowest BCUT2D eigenvalue weighted by Gasteiger charge is -2.31. The molecule has 3 aromatic carbocycles. The van der Waals surface area contributed by atoms with Crippen LogP contribution in [-0.4, -0.2) is 56.9 Å². The average Bonchev–Trinajstić information content (AvgIpc) is 3.71. The summed E-state index contributed by atoms with van der Waals surface area (Å²) in [6, 6.07) is 20.5. The van der Waals surface area contributed by atoms with E-state index in [1.165, 1.54) is 4.68 Å². The molecule has 0 radical (unpaired) electrons. The van der Waals surface area contributed by atoms with Crippen molar-refractivity contribution < 1.29 is 18.7 Å². The molecule has 0 unspecified atom stereocenters. The van der Waals surface area contributed by atoms with Crippen LogP contribution >= 0.6 is 15.9 Å². The van der Waals surface area contributed by atoms with Gasteiger partial charge in [0.2, 0.25) is 8.41 Å². The number of aryl methyl sites for hydroxylation is 1. The van der Waals surface area contributed by atoms with E-state index in [4.69, 9.17) is 4.74 Å². The second-order valence-corrected chi connectivity index (χ2v) is 17.9. The maximum absolute atomic E-state index is 16.2. The van der Waals surface area contributed by atoms with Gasteiger partial charge >= 0.3 is 0 Å². The molecule has 1 saturated heterocycles. The number of nitrogens with zero attached hydrogens (tertiary/aromatic N) is 6. The molecule has 0 bridgehead atoms. The van der Waals surface area contributed by atoms with Crippen molar-refractivity contribution in [3.8, 4) is 5.69 Å². The number of amides is 1. The van der Waals surface area contributed by atoms with E-state index in [1.807, 2.05) is 67.6 Å². The second kappa shape index (κ2) is 12.4. The van der Waals surface area contributed by atoms with Crippen LogP contribution in [0.5, 0.6) is 0 Å². The summed E-state index contributed by atoms with van der Waals surface area (Å²) in [6.07, 6.45) is 3.81. The number of hydrogen-bond donors (Lipinski definition) is 1. The number of benzene rings is 3. The zero-order valence-electron chi connectivity index (χ0n) is 26.9. The summed E-state index contributed by atoms with van der Waals surface area (Å²) in [5, 5.41) is 23.3. The summed E-state index contributed by atoms with van der Waals surface area (Å²) in [5.41, 5.74) is 1.62. The maximum Gasteiger partial charge on any atom is 0.279 e. The van der Waals surface area contributed by atoms with Crippen LogP contribution in [0.15, 0.2) is 88.4 Å². The fourth-order valence-electron chi connectivity index (χ4n) is 7.58. The van der Waals surface area contributed by atoms with Gasteiger partial charge in [0.25, 0.3) is 11.5 Å². The number of carbonyl (C=O) groups excluding carboxylic acids is 1. The SMILES string of the molecule is C[C@@H]1[C@@H]([Si](C)(C)F)[C@H](CCn2cc(CCO)nn2)O[C@@]12C(=O)N(Cc1ccc(-n3ncc4ccccc4c3=O)cc1)c1ccc(Br)cc12. The molecule has 0 saturated carbocycles. The third kappa shape index (κ3) is 5.52. The minimum Gasteiger partial charge on any atom is -0.396 e. The fraction of sp³-hybridized carbons (Fsp3) is 0.343. The highest BCUT2D eigenvalue weighted by Crippen LogP contribution is 2.60. The molecule has 1 spiro atoms. The molecule has 1 fully saturated rings. The van der Waals surface area contributed by atoms with Gasteiger partial charge in [0.15, 0.2) is 5.60 Å². The van der Waals surface area contributed by atoms with E-state index in [0.29, 0.717) is 36.2 Å². The van der Waals surface area contributed by atoms with Gasteiger partial charge in [0.1, 0.15) is 0 Å². The Hall–Kier alpha value is -4.04. The Labute approximate surface area is 286 Å². The van der Waals surface area contributed by atoms with E-state index in [2.05, 4.69) is 31.3 Å². The molecule has 7 rings (SSSR count). The number of carbonyl (C=O) groups is 1. The molecule has 10 nitrogen and oxygen atoms in total. The molecular weight excluding hydrogens is 695 g/mol. The lowest BCUT2D eigenvalue weighted by molar-refractivity contribution is -0.146. The first-order chi connectivity index (χ1) is 23.0. The first kappa shape index (κ1) is 32.5. The number of anilines is 1. The van der Waals surface area contributed by atoms with E-state index < -0.39 is 31.6 Å². The van der Waals surface area contributed by atoms with Gasteiger partial charge in [0, 0.05) is 52.7 Å². The zero-order valence-corrected chi connectivity index (χ0v) is 29.5. The fourth-order valence-corrected chi connectivity index (χ4v) is 10.5. The van der Waals surface area contributed by atoms with Crippen molar-refractivity contribution in [3.63, 3.8) is 0 Å². The van der Waals surface area contributed by atoms with Gasteiger partial charge in [-0.15, -0.1) is 5.10 Å². The second-order valence-electron chi connectivity index (χ2n) is 13.2. The summed E-state index contributed by atoms with van der Waals surface area (Å²) in [6.45, 7) is 6.02. The Balaban J connectivity index is 1.19. The lowest BCUT2D eigenvalue weighted by atomic mass is 9.82. The molecule has 2 aliphatic rings. The predicted octanol–water partition coefficient (Wildman–Crippen LogP) is 5.69. The van der Waals surface area contributed by atoms with Crippen molar-refractivity contribution in [2.75, 3.05) is 11.5 Å². The highest BCUT2D eigenvalue weighted by Gasteiger charge is 2.66. The van der Waals surface area contributed by atoms with Crippen LogP contribution < -0.4 is 10.5 Å². The number of halogens is 2. The molecule has 248 valence electrons. The van der Waals surface area contributed by atoms with Crippen LogP contribution in [0.1, 0.15) is 30.2 Å². The molecule has 4 heterocycles. The molecular formula is C35H36BrFN6O4Si. The van der Waals surface area contributed by atoms with Crippen molar-refractivity contribution in [2.24, 2.45) is 5.92 Å². The first-order valence-electron chi connectivity index (χ1n) is 16.1. The summed E-state index contributed by atoms with van der Waals surface area (Å²) in [4.78, 5) is 29.6. The number of hydrogen-bond acceptors (Lipinski definition) is 7. The molecule has 1 amide bonds. The zero-order chi connectivity index (χ0) is 33.8. The lowest BCUT2D eigenvalue weighted by Crippen LogP contribution is -2.45. The van der Waals surface area contributed by atoms with E-state index in [9.17, 15) is 14.7 Å².